The van der Waals surface area contributed by atoms with Crippen LogP contribution in [0.1, 0.15) is 6.42 Å². The Bertz CT molecular complexity index is 138. The van der Waals surface area contributed by atoms with Gasteiger partial charge in [-0.25, -0.2) is 3.11 Å². The van der Waals surface area contributed by atoms with Crippen molar-refractivity contribution in [2.45, 2.75) is 12.5 Å². The van der Waals surface area contributed by atoms with E-state index in [0.717, 1.165) is 12.0 Å². The number of fused-ring (bicyclic) bond motifs is 1. The molecular formula is C7H13IN2. The highest BCUT2D eigenvalue weighted by molar-refractivity contribution is 14.1. The Morgan fingerprint density at radius 3 is 2.80 bits per heavy atom. The lowest BCUT2D eigenvalue weighted by molar-refractivity contribution is 0.0445. The molecule has 0 spiro atoms. The van der Waals surface area contributed by atoms with Gasteiger partial charge in [0.25, 0.3) is 0 Å². The zero-order valence-corrected chi connectivity index (χ0v) is 8.41. The van der Waals surface area contributed by atoms with E-state index < -0.39 is 0 Å². The molecule has 0 aromatic carbocycles. The maximum atomic E-state index is 2.45. The second-order valence-electron chi connectivity index (χ2n) is 3.46. The molecule has 3 heteroatoms. The molecule has 2 atom stereocenters. The summed E-state index contributed by atoms with van der Waals surface area (Å²) >= 11 is 2.45. The molecule has 2 nitrogen and oxygen atoms in total. The van der Waals surface area contributed by atoms with Crippen LogP contribution in [0.3, 0.4) is 0 Å². The van der Waals surface area contributed by atoms with Crippen LogP contribution in [-0.2, 0) is 0 Å². The third-order valence-electron chi connectivity index (χ3n) is 2.67. The fourth-order valence-electron chi connectivity index (χ4n) is 1.97. The van der Waals surface area contributed by atoms with Crippen molar-refractivity contribution in [3.63, 3.8) is 0 Å². The van der Waals surface area contributed by atoms with Gasteiger partial charge in [-0.3, -0.25) is 0 Å². The summed E-state index contributed by atoms with van der Waals surface area (Å²) in [7, 11) is 2.23. The van der Waals surface area contributed by atoms with Crippen LogP contribution in [0, 0.1) is 5.92 Å². The first-order chi connectivity index (χ1) is 4.77. The average Bonchev–Trinajstić information content (AvgIpc) is 1.86. The number of piperidine rings is 1. The number of halogens is 1. The fourth-order valence-corrected chi connectivity index (χ4v) is 3.21. The van der Waals surface area contributed by atoms with Crippen LogP contribution in [0.25, 0.3) is 0 Å². The van der Waals surface area contributed by atoms with Crippen LogP contribution < -0.4 is 0 Å². The Morgan fingerprint density at radius 2 is 2.20 bits per heavy atom. The van der Waals surface area contributed by atoms with Crippen molar-refractivity contribution in [2.24, 2.45) is 5.92 Å². The predicted octanol–water partition coefficient (Wildman–Crippen LogP) is 0.972. The minimum Gasteiger partial charge on any atom is -0.306 e. The lowest BCUT2D eigenvalue weighted by Crippen LogP contribution is -2.58. The van der Waals surface area contributed by atoms with Crippen molar-refractivity contribution in [3.8, 4) is 0 Å². The molecule has 2 saturated heterocycles. The Morgan fingerprint density at radius 1 is 1.40 bits per heavy atom. The van der Waals surface area contributed by atoms with E-state index in [-0.39, 0.29) is 0 Å². The van der Waals surface area contributed by atoms with E-state index in [1.54, 1.807) is 0 Å². The van der Waals surface area contributed by atoms with Gasteiger partial charge in [-0.05, 0) is 20.0 Å². The van der Waals surface area contributed by atoms with E-state index in [1.807, 2.05) is 0 Å². The van der Waals surface area contributed by atoms with Gasteiger partial charge in [0, 0.05) is 47.9 Å². The molecule has 0 amide bonds. The summed E-state index contributed by atoms with van der Waals surface area (Å²) in [6.45, 7) is 3.93. The van der Waals surface area contributed by atoms with Gasteiger partial charge in [-0.15, -0.1) is 0 Å². The van der Waals surface area contributed by atoms with Gasteiger partial charge >= 0.3 is 0 Å². The quantitative estimate of drug-likeness (QED) is 0.468. The normalized spacial score (nSPS) is 42.6. The first kappa shape index (κ1) is 7.31. The SMILES string of the molecule is CN1CCC2C(C1)CN2I. The van der Waals surface area contributed by atoms with E-state index in [4.69, 9.17) is 0 Å². The number of hydrogen-bond acceptors (Lipinski definition) is 2. The molecule has 0 N–H and O–H groups in total. The summed E-state index contributed by atoms with van der Waals surface area (Å²) in [6.07, 6.45) is 1.38. The first-order valence-electron chi connectivity index (χ1n) is 3.88. The van der Waals surface area contributed by atoms with E-state index in [9.17, 15) is 0 Å². The van der Waals surface area contributed by atoms with Crippen LogP contribution in [-0.4, -0.2) is 40.7 Å². The van der Waals surface area contributed by atoms with Gasteiger partial charge in [0.2, 0.25) is 0 Å². The Labute approximate surface area is 76.1 Å². The highest BCUT2D eigenvalue weighted by Crippen LogP contribution is 2.34. The van der Waals surface area contributed by atoms with Gasteiger partial charge in [0.05, 0.1) is 0 Å². The topological polar surface area (TPSA) is 6.48 Å². The second kappa shape index (κ2) is 2.60. The molecule has 2 rings (SSSR count). The summed E-state index contributed by atoms with van der Waals surface area (Å²) in [5.41, 5.74) is 0. The van der Waals surface area contributed by atoms with Crippen LogP contribution in [0.4, 0.5) is 0 Å². The Kier molecular flexibility index (Phi) is 1.90. The molecule has 0 bridgehead atoms. The van der Waals surface area contributed by atoms with Crippen LogP contribution in [0.15, 0.2) is 0 Å². The molecule has 2 fully saturated rings. The molecule has 0 aromatic rings. The van der Waals surface area contributed by atoms with Gasteiger partial charge in [-0.2, -0.15) is 0 Å². The summed E-state index contributed by atoms with van der Waals surface area (Å²) in [6, 6.07) is 0.914. The zero-order valence-electron chi connectivity index (χ0n) is 6.26. The Balaban J connectivity index is 1.93. The molecule has 2 aliphatic heterocycles. The molecule has 0 aliphatic carbocycles. The van der Waals surface area contributed by atoms with Gasteiger partial charge in [-0.1, -0.05) is 0 Å². The maximum Gasteiger partial charge on any atom is 0.0259 e. The highest BCUT2D eigenvalue weighted by Gasteiger charge is 2.40. The third kappa shape index (κ3) is 1.08. The van der Waals surface area contributed by atoms with E-state index in [1.165, 1.54) is 26.1 Å². The summed E-state index contributed by atoms with van der Waals surface area (Å²) in [5.74, 6) is 0.982. The summed E-state index contributed by atoms with van der Waals surface area (Å²) in [4.78, 5) is 2.45. The molecule has 2 heterocycles. The lowest BCUT2D eigenvalue weighted by atomic mass is 9.86. The van der Waals surface area contributed by atoms with E-state index >= 15 is 0 Å². The van der Waals surface area contributed by atoms with Gasteiger partial charge < -0.3 is 4.90 Å². The highest BCUT2D eigenvalue weighted by atomic mass is 127. The third-order valence-corrected chi connectivity index (χ3v) is 3.78. The van der Waals surface area contributed by atoms with Crippen molar-refractivity contribution in [1.82, 2.24) is 8.01 Å². The Hall–Kier alpha value is 0.650. The predicted molar refractivity (Wildman–Crippen MR) is 50.1 cm³/mol. The van der Waals surface area contributed by atoms with Gasteiger partial charge in [0.1, 0.15) is 0 Å². The number of rotatable bonds is 0. The zero-order chi connectivity index (χ0) is 7.14. The minimum absolute atomic E-state index is 0.914. The van der Waals surface area contributed by atoms with Crippen LogP contribution in [0.2, 0.25) is 0 Å². The summed E-state index contributed by atoms with van der Waals surface area (Å²) < 4.78 is 2.45. The van der Waals surface area contributed by atoms with E-state index in [0.29, 0.717) is 0 Å². The number of nitrogens with zero attached hydrogens (tertiary/aromatic N) is 2. The van der Waals surface area contributed by atoms with Crippen molar-refractivity contribution in [1.29, 1.82) is 0 Å². The number of likely N-dealkylation sites (tertiary alicyclic amines) is 1. The smallest absolute Gasteiger partial charge is 0.0259 e. The monoisotopic (exact) mass is 252 g/mol. The van der Waals surface area contributed by atoms with Crippen molar-refractivity contribution < 1.29 is 0 Å². The van der Waals surface area contributed by atoms with E-state index in [2.05, 4.69) is 37.9 Å². The summed E-state index contributed by atoms with van der Waals surface area (Å²) in [5, 5.41) is 0. The molecule has 0 aromatic heterocycles. The van der Waals surface area contributed by atoms with Crippen LogP contribution in [0.5, 0.6) is 0 Å². The molecule has 0 radical (unpaired) electrons. The standard InChI is InChI=1S/C7H13IN2/c1-9-3-2-7-6(4-9)5-10(7)8/h6-7H,2-5H2,1H3. The molecular weight excluding hydrogens is 239 g/mol. The first-order valence-corrected chi connectivity index (χ1v) is 4.85. The molecule has 10 heavy (non-hydrogen) atoms. The number of hydrogen-bond donors (Lipinski definition) is 0. The van der Waals surface area contributed by atoms with Crippen molar-refractivity contribution in [2.75, 3.05) is 26.7 Å². The molecule has 2 aliphatic rings. The van der Waals surface area contributed by atoms with Crippen LogP contribution >= 0.6 is 22.9 Å². The second-order valence-corrected chi connectivity index (χ2v) is 4.70. The fraction of sp³-hybridized carbons (Fsp3) is 1.00. The maximum absolute atomic E-state index is 2.45. The van der Waals surface area contributed by atoms with Gasteiger partial charge in [0.15, 0.2) is 0 Å². The van der Waals surface area contributed by atoms with Crippen molar-refractivity contribution in [3.05, 3.63) is 0 Å². The largest absolute Gasteiger partial charge is 0.306 e. The lowest BCUT2D eigenvalue weighted by Gasteiger charge is -2.49. The molecule has 2 unspecified atom stereocenters. The average molecular weight is 252 g/mol. The minimum atomic E-state index is 0.914. The van der Waals surface area contributed by atoms with Crippen molar-refractivity contribution >= 4 is 22.9 Å². The molecule has 58 valence electrons. The molecule has 0 saturated carbocycles.